The van der Waals surface area contributed by atoms with Crippen molar-refractivity contribution in [3.8, 4) is 0 Å². The van der Waals surface area contributed by atoms with E-state index in [-0.39, 0.29) is 5.75 Å². The maximum absolute atomic E-state index is 12.3. The lowest BCUT2D eigenvalue weighted by Gasteiger charge is -2.22. The zero-order valence-electron chi connectivity index (χ0n) is 13.6. The van der Waals surface area contributed by atoms with Crippen molar-refractivity contribution in [1.29, 1.82) is 0 Å². The Morgan fingerprint density at radius 2 is 1.62 bits per heavy atom. The van der Waals surface area contributed by atoms with E-state index in [0.29, 0.717) is 5.56 Å². The van der Waals surface area contributed by atoms with Crippen molar-refractivity contribution in [2.45, 2.75) is 58.1 Å². The first-order valence-electron chi connectivity index (χ1n) is 6.92. The molecule has 1 unspecified atom stereocenters. The summed E-state index contributed by atoms with van der Waals surface area (Å²) in [6.45, 7) is 10.4. The minimum atomic E-state index is -3.59. The summed E-state index contributed by atoms with van der Waals surface area (Å²) < 4.78 is 29.9. The molecule has 0 fully saturated rings. The number of carbonyl (C=O) groups is 1. The predicted octanol–water partition coefficient (Wildman–Crippen LogP) is 2.95. The first-order chi connectivity index (χ1) is 9.40. The molecule has 0 aromatic heterocycles. The Kier molecular flexibility index (Phi) is 5.20. The maximum atomic E-state index is 12.3. The summed E-state index contributed by atoms with van der Waals surface area (Å²) in [5, 5.41) is -1.17. The van der Waals surface area contributed by atoms with Crippen LogP contribution in [0.5, 0.6) is 0 Å². The van der Waals surface area contributed by atoms with Gasteiger partial charge < -0.3 is 4.74 Å². The number of esters is 1. The van der Waals surface area contributed by atoms with E-state index in [1.807, 2.05) is 32.0 Å². The molecule has 21 heavy (non-hydrogen) atoms. The summed E-state index contributed by atoms with van der Waals surface area (Å²) in [6, 6.07) is 5.63. The van der Waals surface area contributed by atoms with Gasteiger partial charge in [-0.05, 0) is 47.1 Å². The molecule has 0 heterocycles. The number of ether oxygens (including phenoxy) is 1. The van der Waals surface area contributed by atoms with Crippen LogP contribution >= 0.6 is 0 Å². The lowest BCUT2D eigenvalue weighted by Crippen LogP contribution is -2.35. The molecule has 0 N–H and O–H groups in total. The minimum Gasteiger partial charge on any atom is -0.459 e. The van der Waals surface area contributed by atoms with Gasteiger partial charge in [0.05, 0.1) is 5.75 Å². The van der Waals surface area contributed by atoms with Crippen molar-refractivity contribution in [2.75, 3.05) is 0 Å². The monoisotopic (exact) mass is 312 g/mol. The average Bonchev–Trinajstić information content (AvgIpc) is 2.23. The SMILES string of the molecule is Cc1cc(C)cc(CS(=O)(=O)C(C)C(=O)OC(C)(C)C)c1. The van der Waals surface area contributed by atoms with Crippen LogP contribution in [0.2, 0.25) is 0 Å². The van der Waals surface area contributed by atoms with Crippen LogP contribution in [0.25, 0.3) is 0 Å². The largest absolute Gasteiger partial charge is 0.459 e. The van der Waals surface area contributed by atoms with Crippen LogP contribution in [-0.2, 0) is 25.1 Å². The van der Waals surface area contributed by atoms with Gasteiger partial charge in [-0.2, -0.15) is 0 Å². The summed E-state index contributed by atoms with van der Waals surface area (Å²) in [5.74, 6) is -0.859. The van der Waals surface area contributed by atoms with E-state index in [9.17, 15) is 13.2 Å². The zero-order valence-corrected chi connectivity index (χ0v) is 14.4. The van der Waals surface area contributed by atoms with Gasteiger partial charge in [-0.1, -0.05) is 29.3 Å². The summed E-state index contributed by atoms with van der Waals surface area (Å²) >= 11 is 0. The summed E-state index contributed by atoms with van der Waals surface area (Å²) in [6.07, 6.45) is 0. The predicted molar refractivity (Wildman–Crippen MR) is 83.8 cm³/mol. The second-order valence-corrected chi connectivity index (χ2v) is 8.80. The quantitative estimate of drug-likeness (QED) is 0.802. The van der Waals surface area contributed by atoms with E-state index in [2.05, 4.69) is 0 Å². The number of rotatable bonds is 4. The third-order valence-corrected chi connectivity index (χ3v) is 4.93. The first-order valence-corrected chi connectivity index (χ1v) is 8.64. The van der Waals surface area contributed by atoms with Crippen molar-refractivity contribution in [1.82, 2.24) is 0 Å². The second kappa shape index (κ2) is 6.18. The fourth-order valence-corrected chi connectivity index (χ4v) is 3.26. The molecular weight excluding hydrogens is 288 g/mol. The van der Waals surface area contributed by atoms with Gasteiger partial charge in [-0.25, -0.2) is 8.42 Å². The molecule has 1 aromatic carbocycles. The smallest absolute Gasteiger partial charge is 0.324 e. The Labute approximate surface area is 127 Å². The van der Waals surface area contributed by atoms with Crippen molar-refractivity contribution in [3.05, 3.63) is 34.9 Å². The molecule has 0 aliphatic rings. The van der Waals surface area contributed by atoms with Crippen molar-refractivity contribution in [3.63, 3.8) is 0 Å². The van der Waals surface area contributed by atoms with Gasteiger partial charge in [0.25, 0.3) is 0 Å². The van der Waals surface area contributed by atoms with Gasteiger partial charge in [-0.15, -0.1) is 0 Å². The third-order valence-electron chi connectivity index (χ3n) is 2.93. The van der Waals surface area contributed by atoms with E-state index in [1.165, 1.54) is 6.92 Å². The van der Waals surface area contributed by atoms with Gasteiger partial charge in [0.2, 0.25) is 0 Å². The normalized spacial score (nSPS) is 13.8. The highest BCUT2D eigenvalue weighted by molar-refractivity contribution is 7.92. The number of hydrogen-bond acceptors (Lipinski definition) is 4. The molecule has 0 aliphatic heterocycles. The molecule has 4 nitrogen and oxygen atoms in total. The zero-order chi connectivity index (χ0) is 16.4. The van der Waals surface area contributed by atoms with Crippen LogP contribution in [-0.4, -0.2) is 25.2 Å². The van der Waals surface area contributed by atoms with Gasteiger partial charge in [0, 0.05) is 0 Å². The summed E-state index contributed by atoms with van der Waals surface area (Å²) in [4.78, 5) is 11.9. The van der Waals surface area contributed by atoms with Gasteiger partial charge in [0.15, 0.2) is 15.1 Å². The summed E-state index contributed by atoms with van der Waals surface area (Å²) in [5.41, 5.74) is 2.01. The Morgan fingerprint density at radius 3 is 2.05 bits per heavy atom. The van der Waals surface area contributed by atoms with Crippen LogP contribution in [0.1, 0.15) is 44.4 Å². The highest BCUT2D eigenvalue weighted by Crippen LogP contribution is 2.18. The van der Waals surface area contributed by atoms with E-state index in [0.717, 1.165) is 11.1 Å². The molecule has 0 spiro atoms. The van der Waals surface area contributed by atoms with E-state index in [4.69, 9.17) is 4.74 Å². The maximum Gasteiger partial charge on any atom is 0.324 e. The topological polar surface area (TPSA) is 60.4 Å². The first kappa shape index (κ1) is 17.7. The lowest BCUT2D eigenvalue weighted by atomic mass is 10.1. The van der Waals surface area contributed by atoms with Gasteiger partial charge in [0.1, 0.15) is 5.60 Å². The second-order valence-electron chi connectivity index (χ2n) is 6.48. The third kappa shape index (κ3) is 5.50. The standard InChI is InChI=1S/C16H24O4S/c1-11-7-12(2)9-14(8-11)10-21(18,19)13(3)15(17)20-16(4,5)6/h7-9,13H,10H2,1-6H3. The van der Waals surface area contributed by atoms with Crippen molar-refractivity contribution in [2.24, 2.45) is 0 Å². The van der Waals surface area contributed by atoms with Crippen molar-refractivity contribution < 1.29 is 17.9 Å². The Bertz CT molecular complexity index is 604. The van der Waals surface area contributed by atoms with Crippen LogP contribution in [0.15, 0.2) is 18.2 Å². The molecule has 0 saturated heterocycles. The number of benzene rings is 1. The lowest BCUT2D eigenvalue weighted by molar-refractivity contribution is -0.153. The fraction of sp³-hybridized carbons (Fsp3) is 0.562. The molecule has 0 radical (unpaired) electrons. The molecule has 5 heteroatoms. The minimum absolute atomic E-state index is 0.157. The van der Waals surface area contributed by atoms with E-state index < -0.39 is 26.7 Å². The molecule has 1 rings (SSSR count). The molecule has 0 amide bonds. The fourth-order valence-electron chi connectivity index (χ4n) is 2.04. The van der Waals surface area contributed by atoms with Crippen LogP contribution in [0, 0.1) is 13.8 Å². The molecular formula is C16H24O4S. The number of carbonyl (C=O) groups excluding carboxylic acids is 1. The van der Waals surface area contributed by atoms with E-state index in [1.54, 1.807) is 20.8 Å². The van der Waals surface area contributed by atoms with E-state index >= 15 is 0 Å². The average molecular weight is 312 g/mol. The van der Waals surface area contributed by atoms with Gasteiger partial charge in [-0.3, -0.25) is 4.79 Å². The Balaban J connectivity index is 2.93. The molecule has 1 aromatic rings. The summed E-state index contributed by atoms with van der Waals surface area (Å²) in [7, 11) is -3.59. The van der Waals surface area contributed by atoms with Crippen LogP contribution < -0.4 is 0 Å². The van der Waals surface area contributed by atoms with Crippen LogP contribution in [0.3, 0.4) is 0 Å². The Hall–Kier alpha value is -1.36. The highest BCUT2D eigenvalue weighted by atomic mass is 32.2. The number of hydrogen-bond donors (Lipinski definition) is 0. The number of aryl methyl sites for hydroxylation is 2. The molecule has 0 aliphatic carbocycles. The number of sulfone groups is 1. The molecule has 118 valence electrons. The molecule has 0 saturated carbocycles. The highest BCUT2D eigenvalue weighted by Gasteiger charge is 2.32. The Morgan fingerprint density at radius 1 is 1.14 bits per heavy atom. The molecule has 1 atom stereocenters. The van der Waals surface area contributed by atoms with Gasteiger partial charge >= 0.3 is 5.97 Å². The molecule has 0 bridgehead atoms. The van der Waals surface area contributed by atoms with Crippen LogP contribution in [0.4, 0.5) is 0 Å². The van der Waals surface area contributed by atoms with Crippen molar-refractivity contribution >= 4 is 15.8 Å².